The Hall–Kier alpha value is -1.58. The zero-order valence-corrected chi connectivity index (χ0v) is 19.2. The van der Waals surface area contributed by atoms with Crippen LogP contribution in [0.1, 0.15) is 38.8 Å². The van der Waals surface area contributed by atoms with Crippen LogP contribution in [-0.4, -0.2) is 59.8 Å². The minimum Gasteiger partial charge on any atom is -0.444 e. The zero-order chi connectivity index (χ0) is 19.2. The van der Waals surface area contributed by atoms with Gasteiger partial charge in [-0.25, -0.2) is 4.79 Å². The lowest BCUT2D eigenvalue weighted by Crippen LogP contribution is -2.63. The number of rotatable bonds is 5. The molecular formula is C19H32IN5O2. The number of carbonyl (C=O) groups excluding carboxylic acids is 1. The number of hydrogen-bond acceptors (Lipinski definition) is 4. The molecule has 0 saturated carbocycles. The normalized spacial score (nSPS) is 14.9. The second kappa shape index (κ2) is 10.7. The third kappa shape index (κ3) is 7.90. The molecule has 1 saturated heterocycles. The van der Waals surface area contributed by atoms with Crippen LogP contribution in [0.2, 0.25) is 0 Å². The van der Waals surface area contributed by atoms with E-state index in [-0.39, 0.29) is 36.1 Å². The van der Waals surface area contributed by atoms with E-state index in [2.05, 4.69) is 27.5 Å². The fourth-order valence-electron chi connectivity index (χ4n) is 2.63. The lowest BCUT2D eigenvalue weighted by atomic mass is 10.1. The molecule has 1 aliphatic rings. The highest BCUT2D eigenvalue weighted by Gasteiger charge is 2.34. The molecule has 0 unspecified atom stereocenters. The van der Waals surface area contributed by atoms with Crippen molar-refractivity contribution in [3.05, 3.63) is 29.6 Å². The van der Waals surface area contributed by atoms with E-state index < -0.39 is 5.60 Å². The van der Waals surface area contributed by atoms with E-state index in [0.29, 0.717) is 19.6 Å². The smallest absolute Gasteiger partial charge is 0.410 e. The lowest BCUT2D eigenvalue weighted by molar-refractivity contribution is 0.00701. The summed E-state index contributed by atoms with van der Waals surface area (Å²) in [6, 6.07) is 2.23. The maximum Gasteiger partial charge on any atom is 0.410 e. The van der Waals surface area contributed by atoms with Gasteiger partial charge in [0.1, 0.15) is 5.60 Å². The molecule has 0 aromatic carbocycles. The molecule has 7 nitrogen and oxygen atoms in total. The maximum atomic E-state index is 12.0. The van der Waals surface area contributed by atoms with Gasteiger partial charge in [-0.2, -0.15) is 0 Å². The van der Waals surface area contributed by atoms with Crippen molar-refractivity contribution in [3.63, 3.8) is 0 Å². The summed E-state index contributed by atoms with van der Waals surface area (Å²) < 4.78 is 5.38. The molecule has 27 heavy (non-hydrogen) atoms. The van der Waals surface area contributed by atoms with E-state index in [1.165, 1.54) is 11.1 Å². The van der Waals surface area contributed by atoms with Gasteiger partial charge in [-0.05, 0) is 58.2 Å². The van der Waals surface area contributed by atoms with E-state index in [1.54, 1.807) is 4.90 Å². The van der Waals surface area contributed by atoms with Crippen LogP contribution < -0.4 is 10.6 Å². The van der Waals surface area contributed by atoms with Crippen LogP contribution in [0.25, 0.3) is 0 Å². The number of aryl methyl sites for hydroxylation is 1. The summed E-state index contributed by atoms with van der Waals surface area (Å²) in [5, 5.41) is 6.64. The number of aromatic nitrogens is 1. The number of likely N-dealkylation sites (tertiary alicyclic amines) is 1. The van der Waals surface area contributed by atoms with E-state index in [1.807, 2.05) is 46.2 Å². The second-order valence-electron chi connectivity index (χ2n) is 7.54. The summed E-state index contributed by atoms with van der Waals surface area (Å²) in [6.45, 7) is 12.5. The first-order valence-corrected chi connectivity index (χ1v) is 9.20. The molecule has 2 N–H and O–H groups in total. The fourth-order valence-corrected chi connectivity index (χ4v) is 2.63. The molecule has 1 aromatic heterocycles. The summed E-state index contributed by atoms with van der Waals surface area (Å²) >= 11 is 0. The first kappa shape index (κ1) is 23.5. The Morgan fingerprint density at radius 3 is 2.70 bits per heavy atom. The molecule has 1 aliphatic heterocycles. The quantitative estimate of drug-likeness (QED) is 0.378. The highest BCUT2D eigenvalue weighted by Crippen LogP contribution is 2.15. The van der Waals surface area contributed by atoms with Gasteiger partial charge in [-0.15, -0.1) is 24.0 Å². The predicted octanol–water partition coefficient (Wildman–Crippen LogP) is 2.72. The summed E-state index contributed by atoms with van der Waals surface area (Å²) in [5.74, 6) is 0.785. The number of halogens is 1. The summed E-state index contributed by atoms with van der Waals surface area (Å²) in [7, 11) is 0. The van der Waals surface area contributed by atoms with Crippen molar-refractivity contribution < 1.29 is 9.53 Å². The average molecular weight is 489 g/mol. The molecule has 0 spiro atoms. The van der Waals surface area contributed by atoms with Gasteiger partial charge in [0.05, 0.1) is 6.04 Å². The van der Waals surface area contributed by atoms with Gasteiger partial charge in [-0.1, -0.05) is 0 Å². The SMILES string of the molecule is CCNC(=NCCc1ccncc1C)NC1CN(C(=O)OC(C)(C)C)C1.I. The predicted molar refractivity (Wildman–Crippen MR) is 119 cm³/mol. The minimum atomic E-state index is -0.461. The van der Waals surface area contributed by atoms with Gasteiger partial charge < -0.3 is 20.3 Å². The molecule has 1 aromatic rings. The molecule has 1 fully saturated rings. The highest BCUT2D eigenvalue weighted by atomic mass is 127. The van der Waals surface area contributed by atoms with Crippen molar-refractivity contribution in [1.82, 2.24) is 20.5 Å². The van der Waals surface area contributed by atoms with E-state index >= 15 is 0 Å². The molecule has 2 heterocycles. The molecule has 8 heteroatoms. The van der Waals surface area contributed by atoms with E-state index in [0.717, 1.165) is 18.9 Å². The molecule has 0 atom stereocenters. The molecule has 0 aliphatic carbocycles. The van der Waals surface area contributed by atoms with Crippen molar-refractivity contribution in [2.24, 2.45) is 4.99 Å². The number of hydrogen-bond donors (Lipinski definition) is 2. The molecule has 152 valence electrons. The van der Waals surface area contributed by atoms with Crippen molar-refractivity contribution in [3.8, 4) is 0 Å². The molecule has 1 amide bonds. The number of aliphatic imine (C=N–C) groups is 1. The highest BCUT2D eigenvalue weighted by molar-refractivity contribution is 14.0. The molecule has 2 rings (SSSR count). The van der Waals surface area contributed by atoms with Crippen LogP contribution in [0.15, 0.2) is 23.5 Å². The van der Waals surface area contributed by atoms with E-state index in [9.17, 15) is 4.79 Å². The number of guanidine groups is 1. The third-order valence-corrected chi connectivity index (χ3v) is 4.01. The van der Waals surface area contributed by atoms with Crippen LogP contribution in [0.3, 0.4) is 0 Å². The number of pyridine rings is 1. The third-order valence-electron chi connectivity index (χ3n) is 4.01. The Morgan fingerprint density at radius 1 is 1.41 bits per heavy atom. The Bertz CT molecular complexity index is 639. The monoisotopic (exact) mass is 489 g/mol. The van der Waals surface area contributed by atoms with Gasteiger partial charge in [0.25, 0.3) is 0 Å². The number of carbonyl (C=O) groups is 1. The summed E-state index contributed by atoms with van der Waals surface area (Å²) in [4.78, 5) is 22.4. The van der Waals surface area contributed by atoms with Crippen molar-refractivity contribution in [2.45, 2.75) is 52.7 Å². The number of nitrogens with one attached hydrogen (secondary N) is 2. The van der Waals surface area contributed by atoms with E-state index in [4.69, 9.17) is 4.74 Å². The van der Waals surface area contributed by atoms with Crippen LogP contribution in [0.4, 0.5) is 4.79 Å². The standard InChI is InChI=1S/C19H31N5O2.HI/c1-6-21-17(22-10-8-15-7-9-20-11-14(15)2)23-16-12-24(13-16)18(25)26-19(3,4)5;/h7,9,11,16H,6,8,10,12-13H2,1-5H3,(H2,21,22,23);1H. The number of amides is 1. The van der Waals surface area contributed by atoms with Gasteiger partial charge in [0, 0.05) is 38.6 Å². The summed E-state index contributed by atoms with van der Waals surface area (Å²) in [6.07, 6.45) is 4.31. The van der Waals surface area contributed by atoms with Crippen LogP contribution in [0, 0.1) is 6.92 Å². The lowest BCUT2D eigenvalue weighted by Gasteiger charge is -2.40. The Morgan fingerprint density at radius 2 is 2.11 bits per heavy atom. The van der Waals surface area contributed by atoms with Gasteiger partial charge in [-0.3, -0.25) is 9.98 Å². The van der Waals surface area contributed by atoms with Crippen molar-refractivity contribution >= 4 is 36.0 Å². The first-order chi connectivity index (χ1) is 12.3. The van der Waals surface area contributed by atoms with Crippen LogP contribution >= 0.6 is 24.0 Å². The van der Waals surface area contributed by atoms with Gasteiger partial charge >= 0.3 is 6.09 Å². The Kier molecular flexibility index (Phi) is 9.28. The van der Waals surface area contributed by atoms with Crippen LogP contribution in [-0.2, 0) is 11.2 Å². The maximum absolute atomic E-state index is 12.0. The van der Waals surface area contributed by atoms with Crippen molar-refractivity contribution in [2.75, 3.05) is 26.2 Å². The summed E-state index contributed by atoms with van der Waals surface area (Å²) in [5.41, 5.74) is 1.99. The first-order valence-electron chi connectivity index (χ1n) is 9.20. The Labute approximate surface area is 179 Å². The average Bonchev–Trinajstić information content (AvgIpc) is 2.50. The fraction of sp³-hybridized carbons (Fsp3) is 0.632. The topological polar surface area (TPSA) is 78.9 Å². The largest absolute Gasteiger partial charge is 0.444 e. The second-order valence-corrected chi connectivity index (χ2v) is 7.54. The molecular weight excluding hydrogens is 457 g/mol. The number of nitrogens with zero attached hydrogens (tertiary/aromatic N) is 3. The minimum absolute atomic E-state index is 0. The van der Waals surface area contributed by atoms with Gasteiger partial charge in [0.2, 0.25) is 0 Å². The molecule has 0 bridgehead atoms. The number of ether oxygens (including phenoxy) is 1. The van der Waals surface area contributed by atoms with Crippen LogP contribution in [0.5, 0.6) is 0 Å². The zero-order valence-electron chi connectivity index (χ0n) is 16.9. The van der Waals surface area contributed by atoms with Gasteiger partial charge in [0.15, 0.2) is 5.96 Å². The van der Waals surface area contributed by atoms with Crippen molar-refractivity contribution in [1.29, 1.82) is 0 Å². The Balaban J connectivity index is 0.00000364. The molecule has 0 radical (unpaired) electrons.